The van der Waals surface area contributed by atoms with Gasteiger partial charge in [-0.3, -0.25) is 9.69 Å². The van der Waals surface area contributed by atoms with Crippen LogP contribution in [0.5, 0.6) is 0 Å². The van der Waals surface area contributed by atoms with Crippen LogP contribution in [0.25, 0.3) is 0 Å². The number of amides is 1. The molecule has 0 bridgehead atoms. The molecule has 1 amide bonds. The maximum absolute atomic E-state index is 12.1. The number of nitrogens with zero attached hydrogens (tertiary/aromatic N) is 2. The lowest BCUT2D eigenvalue weighted by Gasteiger charge is -2.39. The minimum atomic E-state index is -0.356. The molecular weight excluding hydrogens is 286 g/mol. The van der Waals surface area contributed by atoms with Crippen LogP contribution < -0.4 is 5.73 Å². The van der Waals surface area contributed by atoms with Gasteiger partial charge in [-0.05, 0) is 31.0 Å². The van der Waals surface area contributed by atoms with Crippen LogP contribution in [-0.2, 0) is 4.79 Å². The Morgan fingerprint density at radius 1 is 1.24 bits per heavy atom. The monoisotopic (exact) mass is 309 g/mol. The van der Waals surface area contributed by atoms with Crippen molar-refractivity contribution < 1.29 is 4.79 Å². The van der Waals surface area contributed by atoms with Crippen LogP contribution >= 0.6 is 11.6 Å². The van der Waals surface area contributed by atoms with Gasteiger partial charge in [-0.15, -0.1) is 0 Å². The molecule has 5 heteroatoms. The van der Waals surface area contributed by atoms with Crippen molar-refractivity contribution in [3.63, 3.8) is 0 Å². The van der Waals surface area contributed by atoms with Crippen molar-refractivity contribution in [2.45, 2.75) is 32.4 Å². The average Bonchev–Trinajstić information content (AvgIpc) is 2.53. The van der Waals surface area contributed by atoms with Crippen molar-refractivity contribution in [2.24, 2.45) is 5.73 Å². The van der Waals surface area contributed by atoms with E-state index in [0.29, 0.717) is 12.5 Å². The molecule has 1 heterocycles. The summed E-state index contributed by atoms with van der Waals surface area (Å²) in [5.74, 6) is 0.0799. The van der Waals surface area contributed by atoms with Gasteiger partial charge in [0.25, 0.3) is 0 Å². The molecule has 1 aliphatic rings. The Labute approximate surface area is 131 Å². The van der Waals surface area contributed by atoms with Crippen LogP contribution in [0, 0.1) is 0 Å². The van der Waals surface area contributed by atoms with Gasteiger partial charge in [0.05, 0.1) is 6.04 Å². The van der Waals surface area contributed by atoms with Gasteiger partial charge >= 0.3 is 0 Å². The third kappa shape index (κ3) is 3.96. The third-order valence-electron chi connectivity index (χ3n) is 4.28. The Hall–Kier alpha value is -1.10. The molecule has 1 aromatic carbocycles. The van der Waals surface area contributed by atoms with Crippen LogP contribution in [0.3, 0.4) is 0 Å². The lowest BCUT2D eigenvalue weighted by atomic mass is 10.1. The molecule has 2 atom stereocenters. The summed E-state index contributed by atoms with van der Waals surface area (Å²) in [5, 5.41) is 0.759. The lowest BCUT2D eigenvalue weighted by Crippen LogP contribution is -2.53. The largest absolute Gasteiger partial charge is 0.339 e. The first-order chi connectivity index (χ1) is 10.0. The first-order valence-electron chi connectivity index (χ1n) is 7.56. The van der Waals surface area contributed by atoms with E-state index in [9.17, 15) is 4.79 Å². The van der Waals surface area contributed by atoms with Crippen LogP contribution in [0.1, 0.15) is 31.9 Å². The highest BCUT2D eigenvalue weighted by Crippen LogP contribution is 2.23. The highest BCUT2D eigenvalue weighted by molar-refractivity contribution is 6.30. The molecule has 2 rings (SSSR count). The molecule has 1 aliphatic heterocycles. The Kier molecular flexibility index (Phi) is 5.62. The van der Waals surface area contributed by atoms with E-state index in [4.69, 9.17) is 17.3 Å². The summed E-state index contributed by atoms with van der Waals surface area (Å²) in [4.78, 5) is 16.4. The molecule has 0 saturated carbocycles. The fourth-order valence-electron chi connectivity index (χ4n) is 2.69. The van der Waals surface area contributed by atoms with E-state index < -0.39 is 0 Å². The number of hydrogen-bond donors (Lipinski definition) is 1. The number of hydrogen-bond acceptors (Lipinski definition) is 3. The fourth-order valence-corrected chi connectivity index (χ4v) is 2.82. The predicted octanol–water partition coefficient (Wildman–Crippen LogP) is 2.28. The normalized spacial score (nSPS) is 19.3. The molecule has 0 aliphatic carbocycles. The molecule has 0 radical (unpaired) electrons. The summed E-state index contributed by atoms with van der Waals surface area (Å²) in [5.41, 5.74) is 7.08. The molecule has 2 N–H and O–H groups in total. The van der Waals surface area contributed by atoms with Crippen molar-refractivity contribution in [1.82, 2.24) is 9.80 Å². The molecule has 1 saturated heterocycles. The fraction of sp³-hybridized carbons (Fsp3) is 0.562. The first-order valence-corrected chi connectivity index (χ1v) is 7.94. The smallest absolute Gasteiger partial charge is 0.239 e. The van der Waals surface area contributed by atoms with Gasteiger partial charge in [-0.1, -0.05) is 30.7 Å². The highest BCUT2D eigenvalue weighted by atomic mass is 35.5. The van der Waals surface area contributed by atoms with Gasteiger partial charge in [-0.2, -0.15) is 0 Å². The minimum Gasteiger partial charge on any atom is -0.339 e. The zero-order valence-corrected chi connectivity index (χ0v) is 13.5. The molecule has 1 unspecified atom stereocenters. The standard InChI is InChI=1S/C16H24ClN3O/c1-3-15(18)16(21)20-10-8-19(9-11-20)12(2)13-4-6-14(17)7-5-13/h4-7,12,15H,3,8-11,18H2,1-2H3/t12?,15-/m0/s1. The quantitative estimate of drug-likeness (QED) is 0.928. The summed E-state index contributed by atoms with van der Waals surface area (Å²) in [6.07, 6.45) is 0.695. The van der Waals surface area contributed by atoms with E-state index in [0.717, 1.165) is 31.2 Å². The second-order valence-corrected chi connectivity index (χ2v) is 6.04. The number of carbonyl (C=O) groups is 1. The Bertz CT molecular complexity index is 469. The van der Waals surface area contributed by atoms with Crippen LogP contribution in [0.15, 0.2) is 24.3 Å². The summed E-state index contributed by atoms with van der Waals surface area (Å²) in [6.45, 7) is 7.41. The van der Waals surface area contributed by atoms with Gasteiger partial charge in [-0.25, -0.2) is 0 Å². The molecule has 0 spiro atoms. The number of halogens is 1. The number of benzene rings is 1. The SMILES string of the molecule is CC[C@H](N)C(=O)N1CCN(C(C)c2ccc(Cl)cc2)CC1. The average molecular weight is 310 g/mol. The molecular formula is C16H24ClN3O. The summed E-state index contributed by atoms with van der Waals surface area (Å²) in [6, 6.07) is 7.96. The molecule has 116 valence electrons. The number of rotatable bonds is 4. The van der Waals surface area contributed by atoms with E-state index in [1.54, 1.807) is 0 Å². The predicted molar refractivity (Wildman–Crippen MR) is 86.3 cm³/mol. The van der Waals surface area contributed by atoms with Crippen LogP contribution in [0.2, 0.25) is 5.02 Å². The van der Waals surface area contributed by atoms with Gasteiger partial charge in [0.1, 0.15) is 0 Å². The topological polar surface area (TPSA) is 49.6 Å². The van der Waals surface area contributed by atoms with Crippen molar-refractivity contribution >= 4 is 17.5 Å². The van der Waals surface area contributed by atoms with E-state index in [-0.39, 0.29) is 11.9 Å². The second kappa shape index (κ2) is 7.25. The second-order valence-electron chi connectivity index (χ2n) is 5.60. The van der Waals surface area contributed by atoms with E-state index in [1.165, 1.54) is 5.56 Å². The Balaban J connectivity index is 1.91. The molecule has 4 nitrogen and oxygen atoms in total. The van der Waals surface area contributed by atoms with Gasteiger partial charge in [0.2, 0.25) is 5.91 Å². The summed E-state index contributed by atoms with van der Waals surface area (Å²) < 4.78 is 0. The highest BCUT2D eigenvalue weighted by Gasteiger charge is 2.26. The lowest BCUT2D eigenvalue weighted by molar-refractivity contribution is -0.134. The van der Waals surface area contributed by atoms with E-state index >= 15 is 0 Å². The maximum Gasteiger partial charge on any atom is 0.239 e. The zero-order valence-electron chi connectivity index (χ0n) is 12.8. The maximum atomic E-state index is 12.1. The van der Waals surface area contributed by atoms with Crippen molar-refractivity contribution in [3.8, 4) is 0 Å². The van der Waals surface area contributed by atoms with Crippen LogP contribution in [-0.4, -0.2) is 47.9 Å². The molecule has 0 aromatic heterocycles. The Morgan fingerprint density at radius 2 is 1.81 bits per heavy atom. The molecule has 21 heavy (non-hydrogen) atoms. The minimum absolute atomic E-state index is 0.0799. The van der Waals surface area contributed by atoms with Gasteiger partial charge in [0, 0.05) is 37.2 Å². The number of nitrogens with two attached hydrogens (primary N) is 1. The van der Waals surface area contributed by atoms with E-state index in [1.807, 2.05) is 24.0 Å². The zero-order chi connectivity index (χ0) is 15.4. The van der Waals surface area contributed by atoms with E-state index in [2.05, 4.69) is 24.0 Å². The summed E-state index contributed by atoms with van der Waals surface area (Å²) >= 11 is 5.93. The van der Waals surface area contributed by atoms with Gasteiger partial charge in [0.15, 0.2) is 0 Å². The first kappa shape index (κ1) is 16.3. The van der Waals surface area contributed by atoms with Crippen molar-refractivity contribution in [1.29, 1.82) is 0 Å². The number of carbonyl (C=O) groups excluding carboxylic acids is 1. The molecule has 1 fully saturated rings. The summed E-state index contributed by atoms with van der Waals surface area (Å²) in [7, 11) is 0. The third-order valence-corrected chi connectivity index (χ3v) is 4.54. The Morgan fingerprint density at radius 3 is 2.33 bits per heavy atom. The van der Waals surface area contributed by atoms with Gasteiger partial charge < -0.3 is 10.6 Å². The number of piperazine rings is 1. The molecule has 1 aromatic rings. The van der Waals surface area contributed by atoms with Crippen LogP contribution in [0.4, 0.5) is 0 Å². The van der Waals surface area contributed by atoms with Crippen molar-refractivity contribution in [3.05, 3.63) is 34.9 Å². The van der Waals surface area contributed by atoms with Crippen molar-refractivity contribution in [2.75, 3.05) is 26.2 Å².